The largest absolute Gasteiger partial charge is 0.384 e. The van der Waals surface area contributed by atoms with Crippen molar-refractivity contribution in [2.75, 3.05) is 19.0 Å². The van der Waals surface area contributed by atoms with Crippen molar-refractivity contribution >= 4 is 5.69 Å². The minimum Gasteiger partial charge on any atom is -0.384 e. The van der Waals surface area contributed by atoms with Crippen LogP contribution in [-0.2, 0) is 24.8 Å². The lowest BCUT2D eigenvalue weighted by atomic mass is 10.1. The van der Waals surface area contributed by atoms with Crippen LogP contribution in [0.25, 0.3) is 0 Å². The van der Waals surface area contributed by atoms with Gasteiger partial charge in [-0.15, -0.1) is 0 Å². The van der Waals surface area contributed by atoms with Crippen molar-refractivity contribution < 1.29 is 4.74 Å². The zero-order valence-electron chi connectivity index (χ0n) is 11.0. The van der Waals surface area contributed by atoms with Crippen molar-refractivity contribution in [2.45, 2.75) is 13.0 Å². The summed E-state index contributed by atoms with van der Waals surface area (Å²) in [7, 11) is 3.80. The summed E-state index contributed by atoms with van der Waals surface area (Å²) in [6.45, 7) is 1.59. The third-order valence-electron chi connectivity index (χ3n) is 3.10. The first-order chi connectivity index (χ1) is 8.81. The maximum Gasteiger partial charge on any atom is 0.0553 e. The summed E-state index contributed by atoms with van der Waals surface area (Å²) in [5.41, 5.74) is 3.76. The van der Waals surface area contributed by atoms with Crippen LogP contribution in [0.1, 0.15) is 11.3 Å². The van der Waals surface area contributed by atoms with E-state index in [4.69, 9.17) is 4.74 Å². The van der Waals surface area contributed by atoms with Gasteiger partial charge >= 0.3 is 0 Å². The van der Waals surface area contributed by atoms with Crippen molar-refractivity contribution in [3.63, 3.8) is 0 Å². The molecule has 1 aromatic heterocycles. The van der Waals surface area contributed by atoms with Crippen molar-refractivity contribution in [1.82, 2.24) is 4.57 Å². The van der Waals surface area contributed by atoms with E-state index in [1.807, 2.05) is 0 Å². The molecular weight excluding hydrogens is 224 g/mol. The number of para-hydroxylation sites is 1. The van der Waals surface area contributed by atoms with Crippen molar-refractivity contribution in [3.8, 4) is 0 Å². The number of benzene rings is 1. The van der Waals surface area contributed by atoms with Crippen LogP contribution in [0.3, 0.4) is 0 Å². The summed E-state index contributed by atoms with van der Waals surface area (Å²) in [6, 6.07) is 12.6. The molecule has 1 heterocycles. The summed E-state index contributed by atoms with van der Waals surface area (Å²) in [5, 5.41) is 3.49. The monoisotopic (exact) mass is 244 g/mol. The second kappa shape index (κ2) is 6.26. The molecule has 0 spiro atoms. The molecule has 96 valence electrons. The Hall–Kier alpha value is -1.74. The molecule has 0 radical (unpaired) electrons. The Morgan fingerprint density at radius 3 is 2.72 bits per heavy atom. The topological polar surface area (TPSA) is 26.2 Å². The van der Waals surface area contributed by atoms with Gasteiger partial charge in [0.25, 0.3) is 0 Å². The van der Waals surface area contributed by atoms with E-state index in [2.05, 4.69) is 59.5 Å². The molecule has 0 amide bonds. The summed E-state index contributed by atoms with van der Waals surface area (Å²) in [5.74, 6) is 0. The van der Waals surface area contributed by atoms with Gasteiger partial charge in [0, 0.05) is 31.7 Å². The molecule has 2 rings (SSSR count). The minimum atomic E-state index is 0.753. The number of aryl methyl sites for hydroxylation is 1. The summed E-state index contributed by atoms with van der Waals surface area (Å²) in [4.78, 5) is 0. The molecule has 3 nitrogen and oxygen atoms in total. The highest BCUT2D eigenvalue weighted by Crippen LogP contribution is 2.16. The number of rotatable bonds is 6. The van der Waals surface area contributed by atoms with E-state index < -0.39 is 0 Å². The summed E-state index contributed by atoms with van der Waals surface area (Å²) < 4.78 is 7.27. The molecular formula is C15H20N2O. The number of ether oxygens (including phenoxy) is 1. The molecule has 0 saturated carbocycles. The smallest absolute Gasteiger partial charge is 0.0553 e. The number of nitrogens with one attached hydrogen (secondary N) is 1. The van der Waals surface area contributed by atoms with E-state index in [-0.39, 0.29) is 0 Å². The lowest BCUT2D eigenvalue weighted by Gasteiger charge is -2.12. The lowest BCUT2D eigenvalue weighted by Crippen LogP contribution is -2.06. The molecule has 2 aromatic rings. The second-order valence-corrected chi connectivity index (χ2v) is 4.36. The fourth-order valence-corrected chi connectivity index (χ4v) is 1.99. The fraction of sp³-hybridized carbons (Fsp3) is 0.333. The van der Waals surface area contributed by atoms with Crippen LogP contribution in [0.5, 0.6) is 0 Å². The Morgan fingerprint density at radius 2 is 2.00 bits per heavy atom. The first kappa shape index (κ1) is 12.7. The van der Waals surface area contributed by atoms with Crippen LogP contribution in [0, 0.1) is 0 Å². The Kier molecular flexibility index (Phi) is 4.42. The average Bonchev–Trinajstić information content (AvgIpc) is 2.80. The van der Waals surface area contributed by atoms with E-state index in [1.54, 1.807) is 7.11 Å². The maximum atomic E-state index is 5.14. The van der Waals surface area contributed by atoms with E-state index in [0.717, 1.165) is 19.6 Å². The van der Waals surface area contributed by atoms with Crippen LogP contribution >= 0.6 is 0 Å². The van der Waals surface area contributed by atoms with Gasteiger partial charge in [-0.3, -0.25) is 0 Å². The van der Waals surface area contributed by atoms with Crippen molar-refractivity contribution in [1.29, 1.82) is 0 Å². The standard InChI is InChI=1S/C15H20N2O/c1-17-10-5-7-14(17)12-16-15-8-4-3-6-13(15)9-11-18-2/h3-8,10,16H,9,11-12H2,1-2H3. The number of methoxy groups -OCH3 is 1. The summed E-state index contributed by atoms with van der Waals surface area (Å²) >= 11 is 0. The van der Waals surface area contributed by atoms with Crippen LogP contribution in [0.4, 0.5) is 5.69 Å². The first-order valence-electron chi connectivity index (χ1n) is 6.22. The van der Waals surface area contributed by atoms with Gasteiger partial charge < -0.3 is 14.6 Å². The third-order valence-corrected chi connectivity index (χ3v) is 3.10. The first-order valence-corrected chi connectivity index (χ1v) is 6.22. The quantitative estimate of drug-likeness (QED) is 0.845. The Labute approximate surface area is 108 Å². The van der Waals surface area contributed by atoms with Gasteiger partial charge in [-0.2, -0.15) is 0 Å². The highest BCUT2D eigenvalue weighted by atomic mass is 16.5. The molecule has 1 aromatic carbocycles. The van der Waals surface area contributed by atoms with Crippen LogP contribution in [0.2, 0.25) is 0 Å². The van der Waals surface area contributed by atoms with E-state index >= 15 is 0 Å². The molecule has 0 aliphatic rings. The number of hydrogen-bond donors (Lipinski definition) is 1. The molecule has 0 atom stereocenters. The van der Waals surface area contributed by atoms with Gasteiger partial charge in [-0.1, -0.05) is 18.2 Å². The maximum absolute atomic E-state index is 5.14. The van der Waals surface area contributed by atoms with Gasteiger partial charge in [-0.25, -0.2) is 0 Å². The third kappa shape index (κ3) is 3.14. The minimum absolute atomic E-state index is 0.753. The second-order valence-electron chi connectivity index (χ2n) is 4.36. The van der Waals surface area contributed by atoms with Crippen molar-refractivity contribution in [2.24, 2.45) is 7.05 Å². The highest BCUT2D eigenvalue weighted by molar-refractivity contribution is 5.51. The van der Waals surface area contributed by atoms with Gasteiger partial charge in [0.1, 0.15) is 0 Å². The highest BCUT2D eigenvalue weighted by Gasteiger charge is 2.02. The van der Waals surface area contributed by atoms with E-state index in [9.17, 15) is 0 Å². The molecule has 0 aliphatic carbocycles. The number of nitrogens with zero attached hydrogens (tertiary/aromatic N) is 1. The van der Waals surface area contributed by atoms with E-state index in [1.165, 1.54) is 16.9 Å². The van der Waals surface area contributed by atoms with Gasteiger partial charge in [0.15, 0.2) is 0 Å². The lowest BCUT2D eigenvalue weighted by molar-refractivity contribution is 0.202. The Bertz CT molecular complexity index is 491. The molecule has 0 saturated heterocycles. The number of hydrogen-bond acceptors (Lipinski definition) is 2. The number of anilines is 1. The van der Waals surface area contributed by atoms with E-state index in [0.29, 0.717) is 0 Å². The molecule has 0 fully saturated rings. The molecule has 18 heavy (non-hydrogen) atoms. The van der Waals surface area contributed by atoms with Gasteiger partial charge in [0.05, 0.1) is 13.2 Å². The average molecular weight is 244 g/mol. The Balaban J connectivity index is 2.02. The normalized spacial score (nSPS) is 10.6. The summed E-state index contributed by atoms with van der Waals surface area (Å²) in [6.07, 6.45) is 3.00. The molecule has 3 heteroatoms. The van der Waals surface area contributed by atoms with Crippen LogP contribution in [0.15, 0.2) is 42.6 Å². The molecule has 0 aliphatic heterocycles. The number of aromatic nitrogens is 1. The predicted octanol–water partition coefficient (Wildman–Crippen LogP) is 2.83. The van der Waals surface area contributed by atoms with Crippen LogP contribution < -0.4 is 5.32 Å². The zero-order valence-corrected chi connectivity index (χ0v) is 11.0. The van der Waals surface area contributed by atoms with Gasteiger partial charge in [-0.05, 0) is 30.2 Å². The Morgan fingerprint density at radius 1 is 1.17 bits per heavy atom. The fourth-order valence-electron chi connectivity index (χ4n) is 1.99. The van der Waals surface area contributed by atoms with Crippen molar-refractivity contribution in [3.05, 3.63) is 53.9 Å². The zero-order chi connectivity index (χ0) is 12.8. The SMILES string of the molecule is COCCc1ccccc1NCc1cccn1C. The van der Waals surface area contributed by atoms with Gasteiger partial charge in [0.2, 0.25) is 0 Å². The predicted molar refractivity (Wildman–Crippen MR) is 74.8 cm³/mol. The molecule has 1 N–H and O–H groups in total. The molecule has 0 bridgehead atoms. The molecule has 0 unspecified atom stereocenters. The van der Waals surface area contributed by atoms with Crippen LogP contribution in [-0.4, -0.2) is 18.3 Å².